The summed E-state index contributed by atoms with van der Waals surface area (Å²) in [5.41, 5.74) is 0.891. The molecule has 1 aromatic heterocycles. The lowest BCUT2D eigenvalue weighted by Gasteiger charge is -2.35. The second-order valence-electron chi connectivity index (χ2n) is 4.74. The number of hydrogen-bond donors (Lipinski definition) is 0. The lowest BCUT2D eigenvalue weighted by Crippen LogP contribution is -2.39. The summed E-state index contributed by atoms with van der Waals surface area (Å²) in [7, 11) is 0. The van der Waals surface area contributed by atoms with Crippen molar-refractivity contribution < 1.29 is 14.3 Å². The van der Waals surface area contributed by atoms with Crippen LogP contribution in [-0.4, -0.2) is 29.8 Å². The molecule has 0 unspecified atom stereocenters. The van der Waals surface area contributed by atoms with E-state index in [1.807, 2.05) is 6.07 Å². The van der Waals surface area contributed by atoms with Gasteiger partial charge in [-0.1, -0.05) is 17.7 Å². The van der Waals surface area contributed by atoms with Crippen molar-refractivity contribution in [1.82, 2.24) is 4.98 Å². The van der Waals surface area contributed by atoms with Gasteiger partial charge in [-0.25, -0.2) is 4.98 Å². The van der Waals surface area contributed by atoms with Gasteiger partial charge in [0.05, 0.1) is 13.2 Å². The van der Waals surface area contributed by atoms with Crippen LogP contribution in [0.3, 0.4) is 0 Å². The van der Waals surface area contributed by atoms with Gasteiger partial charge in [0.25, 0.3) is 0 Å². The molecule has 5 heteroatoms. The highest BCUT2D eigenvalue weighted by Crippen LogP contribution is 2.41. The molecule has 3 rings (SSSR count). The number of ketones is 1. The Balaban J connectivity index is 1.85. The van der Waals surface area contributed by atoms with Gasteiger partial charge < -0.3 is 9.47 Å². The van der Waals surface area contributed by atoms with Crippen LogP contribution in [0.5, 0.6) is 0 Å². The molecule has 1 spiro atoms. The minimum absolute atomic E-state index is 0.193. The fourth-order valence-corrected chi connectivity index (χ4v) is 2.78. The van der Waals surface area contributed by atoms with E-state index in [0.717, 1.165) is 5.56 Å². The van der Waals surface area contributed by atoms with Gasteiger partial charge in [0, 0.05) is 31.4 Å². The van der Waals surface area contributed by atoms with Crippen LogP contribution in [0.1, 0.15) is 30.7 Å². The Bertz CT molecular complexity index is 454. The van der Waals surface area contributed by atoms with Crippen LogP contribution >= 0.6 is 11.6 Å². The Morgan fingerprint density at radius 1 is 1.33 bits per heavy atom. The molecule has 1 aliphatic heterocycles. The fraction of sp³-hybridized carbons (Fsp3) is 0.538. The van der Waals surface area contributed by atoms with Gasteiger partial charge in [0.2, 0.25) is 0 Å². The monoisotopic (exact) mass is 267 g/mol. The number of carbonyl (C=O) groups excluding carboxylic acids is 1. The Hall–Kier alpha value is -0.970. The summed E-state index contributed by atoms with van der Waals surface area (Å²) >= 11 is 5.76. The average molecular weight is 268 g/mol. The summed E-state index contributed by atoms with van der Waals surface area (Å²) in [6.45, 7) is 1.22. The summed E-state index contributed by atoms with van der Waals surface area (Å²) in [6.07, 6.45) is 3.39. The van der Waals surface area contributed by atoms with E-state index < -0.39 is 5.79 Å². The Morgan fingerprint density at radius 3 is 2.78 bits per heavy atom. The maximum absolute atomic E-state index is 12.0. The number of nitrogens with zero attached hydrogens (tertiary/aromatic N) is 1. The number of ether oxygens (including phenoxy) is 2. The largest absolute Gasteiger partial charge is 0.347 e. The van der Waals surface area contributed by atoms with Crippen molar-refractivity contribution in [1.29, 1.82) is 0 Å². The maximum Gasteiger partial charge on any atom is 0.169 e. The first kappa shape index (κ1) is 12.1. The number of carbonyl (C=O) groups is 1. The van der Waals surface area contributed by atoms with E-state index in [1.165, 1.54) is 0 Å². The van der Waals surface area contributed by atoms with Gasteiger partial charge in [-0.05, 0) is 11.6 Å². The molecule has 1 aromatic rings. The summed E-state index contributed by atoms with van der Waals surface area (Å²) < 4.78 is 11.4. The molecule has 0 radical (unpaired) electrons. The SMILES string of the molecule is O=C1CCC2(C[C@@H]1c1ccc(Cl)nc1)OCCO2. The molecular weight excluding hydrogens is 254 g/mol. The van der Waals surface area contributed by atoms with Crippen molar-refractivity contribution in [2.75, 3.05) is 13.2 Å². The van der Waals surface area contributed by atoms with Gasteiger partial charge in [-0.15, -0.1) is 0 Å². The van der Waals surface area contributed by atoms with E-state index in [1.54, 1.807) is 12.3 Å². The number of pyridine rings is 1. The molecule has 0 aromatic carbocycles. The minimum Gasteiger partial charge on any atom is -0.347 e. The molecule has 2 aliphatic rings. The molecule has 0 bridgehead atoms. The van der Waals surface area contributed by atoms with Gasteiger partial charge in [0.15, 0.2) is 5.79 Å². The van der Waals surface area contributed by atoms with E-state index in [9.17, 15) is 4.79 Å². The molecule has 1 atom stereocenters. The van der Waals surface area contributed by atoms with Crippen LogP contribution in [-0.2, 0) is 14.3 Å². The third-order valence-corrected chi connectivity index (χ3v) is 3.85. The van der Waals surface area contributed by atoms with Gasteiger partial charge in [-0.2, -0.15) is 0 Å². The molecule has 0 N–H and O–H groups in total. The zero-order valence-corrected chi connectivity index (χ0v) is 10.7. The molecule has 1 saturated carbocycles. The van der Waals surface area contributed by atoms with Crippen molar-refractivity contribution in [3.63, 3.8) is 0 Å². The topological polar surface area (TPSA) is 48.4 Å². The number of rotatable bonds is 1. The van der Waals surface area contributed by atoms with Crippen molar-refractivity contribution in [3.05, 3.63) is 29.0 Å². The fourth-order valence-electron chi connectivity index (χ4n) is 2.67. The van der Waals surface area contributed by atoms with Crippen molar-refractivity contribution in [2.24, 2.45) is 0 Å². The number of hydrogen-bond acceptors (Lipinski definition) is 4. The zero-order valence-electron chi connectivity index (χ0n) is 9.89. The van der Waals surface area contributed by atoms with Crippen LogP contribution < -0.4 is 0 Å². The third kappa shape index (κ3) is 2.16. The highest BCUT2D eigenvalue weighted by molar-refractivity contribution is 6.29. The van der Waals surface area contributed by atoms with E-state index in [0.29, 0.717) is 37.6 Å². The summed E-state index contributed by atoms with van der Waals surface area (Å²) in [4.78, 5) is 16.1. The van der Waals surface area contributed by atoms with Crippen molar-refractivity contribution in [2.45, 2.75) is 31.0 Å². The summed E-state index contributed by atoms with van der Waals surface area (Å²) in [5.74, 6) is -0.524. The molecule has 1 aliphatic carbocycles. The average Bonchev–Trinajstić information content (AvgIpc) is 2.82. The lowest BCUT2D eigenvalue weighted by atomic mass is 9.80. The van der Waals surface area contributed by atoms with Crippen molar-refractivity contribution in [3.8, 4) is 0 Å². The van der Waals surface area contributed by atoms with Crippen LogP contribution in [0, 0.1) is 0 Å². The molecule has 96 valence electrons. The first-order valence-corrected chi connectivity index (χ1v) is 6.48. The lowest BCUT2D eigenvalue weighted by molar-refractivity contribution is -0.183. The van der Waals surface area contributed by atoms with Crippen LogP contribution in [0.2, 0.25) is 5.15 Å². The first-order chi connectivity index (χ1) is 8.69. The highest BCUT2D eigenvalue weighted by atomic mass is 35.5. The molecule has 0 amide bonds. The quantitative estimate of drug-likeness (QED) is 0.733. The van der Waals surface area contributed by atoms with Gasteiger partial charge in [-0.3, -0.25) is 4.79 Å². The Morgan fingerprint density at radius 2 is 2.11 bits per heavy atom. The number of aromatic nitrogens is 1. The second kappa shape index (κ2) is 4.61. The Labute approximate surface area is 110 Å². The smallest absolute Gasteiger partial charge is 0.169 e. The predicted octanol–water partition coefficient (Wildman–Crippen LogP) is 2.31. The molecule has 2 heterocycles. The highest BCUT2D eigenvalue weighted by Gasteiger charge is 2.45. The van der Waals surface area contributed by atoms with Gasteiger partial charge in [0.1, 0.15) is 10.9 Å². The van der Waals surface area contributed by atoms with Crippen LogP contribution in [0.25, 0.3) is 0 Å². The number of Topliss-reactive ketones (excluding diaryl/α,β-unsaturated/α-hetero) is 1. The summed E-state index contributed by atoms with van der Waals surface area (Å²) in [6, 6.07) is 3.56. The van der Waals surface area contributed by atoms with E-state index >= 15 is 0 Å². The van der Waals surface area contributed by atoms with E-state index in [4.69, 9.17) is 21.1 Å². The molecule has 1 saturated heterocycles. The summed E-state index contributed by atoms with van der Waals surface area (Å²) in [5, 5.41) is 0.435. The van der Waals surface area contributed by atoms with Crippen molar-refractivity contribution >= 4 is 17.4 Å². The second-order valence-corrected chi connectivity index (χ2v) is 5.13. The third-order valence-electron chi connectivity index (χ3n) is 3.62. The predicted molar refractivity (Wildman–Crippen MR) is 65.5 cm³/mol. The van der Waals surface area contributed by atoms with E-state index in [-0.39, 0.29) is 11.7 Å². The molecule has 18 heavy (non-hydrogen) atoms. The van der Waals surface area contributed by atoms with E-state index in [2.05, 4.69) is 4.98 Å². The maximum atomic E-state index is 12.0. The minimum atomic E-state index is -0.557. The van der Waals surface area contributed by atoms with Gasteiger partial charge >= 0.3 is 0 Å². The first-order valence-electron chi connectivity index (χ1n) is 6.11. The zero-order chi connectivity index (χ0) is 12.6. The number of halogens is 1. The van der Waals surface area contributed by atoms with Crippen LogP contribution in [0.4, 0.5) is 0 Å². The molecule has 4 nitrogen and oxygen atoms in total. The van der Waals surface area contributed by atoms with Crippen LogP contribution in [0.15, 0.2) is 18.3 Å². The molecular formula is C13H14ClNO3. The standard InChI is InChI=1S/C13H14ClNO3/c14-12-2-1-9(8-15-12)10-7-13(4-3-11(10)16)17-5-6-18-13/h1-2,8,10H,3-7H2/t10-/m1/s1. The molecule has 2 fully saturated rings. The normalized spacial score (nSPS) is 26.7. The Kier molecular flexibility index (Phi) is 3.09.